The van der Waals surface area contributed by atoms with Crippen LogP contribution in [0.3, 0.4) is 0 Å². The van der Waals surface area contributed by atoms with E-state index in [0.717, 1.165) is 22.7 Å². The molecule has 290 valence electrons. The number of hydrogen-bond donors (Lipinski definition) is 0. The summed E-state index contributed by atoms with van der Waals surface area (Å²) < 4.78 is 0. The molecule has 7 aromatic carbocycles. The first-order valence-electron chi connectivity index (χ1n) is 20.9. The van der Waals surface area contributed by atoms with Gasteiger partial charge in [0.25, 0.3) is 0 Å². The second-order valence-electron chi connectivity index (χ2n) is 18.8. The van der Waals surface area contributed by atoms with Gasteiger partial charge in [-0.25, -0.2) is 0 Å². The van der Waals surface area contributed by atoms with Crippen molar-refractivity contribution in [3.05, 3.63) is 191 Å². The number of hydrogen-bond acceptors (Lipinski definition) is 2. The maximum absolute atomic E-state index is 2.61. The molecular formula is C56H56N2. The average molecular weight is 757 g/mol. The summed E-state index contributed by atoms with van der Waals surface area (Å²) in [5.74, 6) is 0. The molecule has 0 amide bonds. The predicted molar refractivity (Wildman–Crippen MR) is 248 cm³/mol. The van der Waals surface area contributed by atoms with Gasteiger partial charge < -0.3 is 9.80 Å². The maximum Gasteiger partial charge on any atom is 0.0467 e. The van der Waals surface area contributed by atoms with Gasteiger partial charge >= 0.3 is 0 Å². The lowest BCUT2D eigenvalue weighted by Crippen LogP contribution is -2.46. The van der Waals surface area contributed by atoms with E-state index in [0.29, 0.717) is 0 Å². The van der Waals surface area contributed by atoms with Crippen molar-refractivity contribution < 1.29 is 0 Å². The third kappa shape index (κ3) is 5.52. The van der Waals surface area contributed by atoms with Gasteiger partial charge in [0.1, 0.15) is 0 Å². The quantitative estimate of drug-likeness (QED) is 0.167. The van der Waals surface area contributed by atoms with Crippen molar-refractivity contribution in [2.75, 3.05) is 9.80 Å². The summed E-state index contributed by atoms with van der Waals surface area (Å²) in [5, 5.41) is 0. The van der Waals surface area contributed by atoms with Gasteiger partial charge in [0, 0.05) is 34.1 Å². The predicted octanol–water partition coefficient (Wildman–Crippen LogP) is 15.7. The highest BCUT2D eigenvalue weighted by Gasteiger charge is 2.51. The van der Waals surface area contributed by atoms with Crippen LogP contribution in [0.1, 0.15) is 88.8 Å². The van der Waals surface area contributed by atoms with Crippen LogP contribution in [0, 0.1) is 13.8 Å². The zero-order valence-corrected chi connectivity index (χ0v) is 35.9. The monoisotopic (exact) mass is 756 g/mol. The molecule has 0 N–H and O–H groups in total. The second-order valence-corrected chi connectivity index (χ2v) is 18.8. The number of nitrogens with zero attached hydrogens (tertiary/aromatic N) is 2. The largest absolute Gasteiger partial charge is 0.310 e. The number of para-hydroxylation sites is 4. The van der Waals surface area contributed by atoms with E-state index in [2.05, 4.69) is 237 Å². The standard InChI is InChI=1S/C56H56N2/c1-37-31-43(57(39-23-15-11-16-24-39)40-25-17-12-18-26-40)33-49-51(37)45-35-48-46(36-47(45)53(3,4)55(49,7)8)52-38(2)32-44(34-50(52)56(9,10)54(48,5)6)58(41-27-19-13-20-28-41)42-29-21-14-22-30-42/h11-36H,1-10H3. The summed E-state index contributed by atoms with van der Waals surface area (Å²) in [5.41, 5.74) is 20.2. The molecule has 2 heteroatoms. The molecule has 0 fully saturated rings. The first-order valence-corrected chi connectivity index (χ1v) is 20.9. The number of rotatable bonds is 6. The Bertz CT molecular complexity index is 2400. The normalized spacial score (nSPS) is 16.3. The molecule has 0 spiro atoms. The molecule has 0 aromatic heterocycles. The molecule has 9 rings (SSSR count). The minimum atomic E-state index is -0.166. The summed E-state index contributed by atoms with van der Waals surface area (Å²) in [6.07, 6.45) is 0. The minimum Gasteiger partial charge on any atom is -0.310 e. The third-order valence-corrected chi connectivity index (χ3v) is 14.7. The van der Waals surface area contributed by atoms with Crippen LogP contribution in [0.25, 0.3) is 22.3 Å². The topological polar surface area (TPSA) is 6.48 Å². The van der Waals surface area contributed by atoms with E-state index < -0.39 is 0 Å². The summed E-state index contributed by atoms with van der Waals surface area (Å²) in [4.78, 5) is 4.82. The van der Waals surface area contributed by atoms with Gasteiger partial charge in [-0.05, 0) is 176 Å². The zero-order chi connectivity index (χ0) is 40.8. The van der Waals surface area contributed by atoms with Crippen LogP contribution >= 0.6 is 0 Å². The molecule has 0 bridgehead atoms. The van der Waals surface area contributed by atoms with Crippen molar-refractivity contribution in [3.63, 3.8) is 0 Å². The molecule has 7 aromatic rings. The van der Waals surface area contributed by atoms with Crippen molar-refractivity contribution in [1.29, 1.82) is 0 Å². The molecule has 2 nitrogen and oxygen atoms in total. The highest BCUT2D eigenvalue weighted by Crippen LogP contribution is 2.61. The van der Waals surface area contributed by atoms with Crippen LogP contribution in [-0.2, 0) is 21.7 Å². The van der Waals surface area contributed by atoms with E-state index in [-0.39, 0.29) is 21.7 Å². The van der Waals surface area contributed by atoms with Crippen molar-refractivity contribution in [2.24, 2.45) is 0 Å². The fourth-order valence-electron chi connectivity index (χ4n) is 10.1. The van der Waals surface area contributed by atoms with Crippen molar-refractivity contribution in [2.45, 2.75) is 90.9 Å². The van der Waals surface area contributed by atoms with E-state index in [9.17, 15) is 0 Å². The van der Waals surface area contributed by atoms with Crippen molar-refractivity contribution >= 4 is 34.1 Å². The second kappa shape index (κ2) is 13.3. The Morgan fingerprint density at radius 1 is 0.293 bits per heavy atom. The fraction of sp³-hybridized carbons (Fsp3) is 0.250. The third-order valence-electron chi connectivity index (χ3n) is 14.7. The Morgan fingerprint density at radius 2 is 0.552 bits per heavy atom. The highest BCUT2D eigenvalue weighted by molar-refractivity contribution is 5.91. The van der Waals surface area contributed by atoms with Crippen LogP contribution in [0.5, 0.6) is 0 Å². The molecule has 0 saturated carbocycles. The molecule has 0 aliphatic heterocycles. The first kappa shape index (κ1) is 37.7. The first-order chi connectivity index (χ1) is 27.6. The number of benzene rings is 7. The molecule has 0 unspecified atom stereocenters. The van der Waals surface area contributed by atoms with Crippen LogP contribution in [0.4, 0.5) is 34.1 Å². The van der Waals surface area contributed by atoms with Crippen molar-refractivity contribution in [3.8, 4) is 22.3 Å². The van der Waals surface area contributed by atoms with Crippen LogP contribution in [0.2, 0.25) is 0 Å². The molecule has 0 heterocycles. The summed E-state index contributed by atoms with van der Waals surface area (Å²) in [6.45, 7) is 24.4. The van der Waals surface area contributed by atoms with Crippen LogP contribution < -0.4 is 9.80 Å². The summed E-state index contributed by atoms with van der Waals surface area (Å²) in [7, 11) is 0. The lowest BCUT2D eigenvalue weighted by atomic mass is 9.51. The van der Waals surface area contributed by atoms with Gasteiger partial charge in [-0.1, -0.05) is 128 Å². The summed E-state index contributed by atoms with van der Waals surface area (Å²) >= 11 is 0. The molecule has 2 aliphatic rings. The van der Waals surface area contributed by atoms with Crippen LogP contribution in [0.15, 0.2) is 158 Å². The van der Waals surface area contributed by atoms with Gasteiger partial charge in [-0.3, -0.25) is 0 Å². The Morgan fingerprint density at radius 3 is 0.828 bits per heavy atom. The number of aryl methyl sites for hydroxylation is 2. The maximum atomic E-state index is 2.61. The zero-order valence-electron chi connectivity index (χ0n) is 35.9. The molecule has 0 radical (unpaired) electrons. The van der Waals surface area contributed by atoms with E-state index in [4.69, 9.17) is 0 Å². The number of anilines is 6. The van der Waals surface area contributed by atoms with Gasteiger partial charge in [0.2, 0.25) is 0 Å². The Balaban J connectivity index is 1.27. The van der Waals surface area contributed by atoms with Gasteiger partial charge in [-0.15, -0.1) is 0 Å². The lowest BCUT2D eigenvalue weighted by molar-refractivity contribution is 0.292. The van der Waals surface area contributed by atoms with E-state index >= 15 is 0 Å². The van der Waals surface area contributed by atoms with E-state index in [1.54, 1.807) is 0 Å². The Hall–Kier alpha value is -5.86. The van der Waals surface area contributed by atoms with Gasteiger partial charge in [-0.2, -0.15) is 0 Å². The lowest BCUT2D eigenvalue weighted by Gasteiger charge is -2.52. The Kier molecular flexibility index (Phi) is 8.68. The average Bonchev–Trinajstić information content (AvgIpc) is 3.21. The molecule has 58 heavy (non-hydrogen) atoms. The van der Waals surface area contributed by atoms with E-state index in [1.807, 2.05) is 0 Å². The SMILES string of the molecule is Cc1cc(N(c2ccccc2)c2ccccc2)cc2c1-c1cc3c(cc1C(C)(C)C2(C)C)-c1c(C)cc(N(c2ccccc2)c2ccccc2)cc1C(C)(C)C3(C)C. The van der Waals surface area contributed by atoms with Crippen LogP contribution in [-0.4, -0.2) is 0 Å². The number of fused-ring (bicyclic) bond motifs is 6. The highest BCUT2D eigenvalue weighted by atomic mass is 15.1. The smallest absolute Gasteiger partial charge is 0.0467 e. The minimum absolute atomic E-state index is 0.164. The molecular weight excluding hydrogens is 701 g/mol. The molecule has 0 saturated heterocycles. The summed E-state index contributed by atoms with van der Waals surface area (Å²) in [6, 6.07) is 58.2. The molecule has 2 aliphatic carbocycles. The van der Waals surface area contributed by atoms with Gasteiger partial charge in [0.15, 0.2) is 0 Å². The Labute approximate surface area is 346 Å². The van der Waals surface area contributed by atoms with E-state index in [1.165, 1.54) is 67.0 Å². The van der Waals surface area contributed by atoms with Gasteiger partial charge in [0.05, 0.1) is 0 Å². The fourth-order valence-corrected chi connectivity index (χ4v) is 10.1. The molecule has 0 atom stereocenters. The van der Waals surface area contributed by atoms with Crippen molar-refractivity contribution in [1.82, 2.24) is 0 Å².